The molecule has 3 fully saturated rings. The average molecular weight is 432 g/mol. The number of aromatic nitrogens is 1. The van der Waals surface area contributed by atoms with Gasteiger partial charge in [0.05, 0.1) is 16.6 Å². The normalized spacial score (nSPS) is 25.4. The van der Waals surface area contributed by atoms with Crippen molar-refractivity contribution in [3.05, 3.63) is 33.5 Å². The van der Waals surface area contributed by atoms with Crippen molar-refractivity contribution in [2.75, 3.05) is 17.2 Å². The lowest BCUT2D eigenvalue weighted by molar-refractivity contribution is 0.0695. The predicted molar refractivity (Wildman–Crippen MR) is 114 cm³/mol. The molecule has 3 aliphatic rings. The van der Waals surface area contributed by atoms with Crippen LogP contribution < -0.4 is 21.4 Å². The van der Waals surface area contributed by atoms with E-state index >= 15 is 4.39 Å². The topological polar surface area (TPSA) is 101 Å². The Morgan fingerprint density at radius 2 is 1.77 bits per heavy atom. The van der Waals surface area contributed by atoms with Crippen molar-refractivity contribution in [2.24, 2.45) is 0 Å². The lowest BCUT2D eigenvalue weighted by atomic mass is 9.96. The molecular formula is C22H26F2N4O3. The van der Waals surface area contributed by atoms with Crippen LogP contribution in [0.25, 0.3) is 10.9 Å². The zero-order valence-corrected chi connectivity index (χ0v) is 17.3. The van der Waals surface area contributed by atoms with Gasteiger partial charge in [-0.05, 0) is 45.1 Å². The van der Waals surface area contributed by atoms with Crippen molar-refractivity contribution in [3.63, 3.8) is 0 Å². The number of nitrogens with one attached hydrogen (secondary N) is 1. The van der Waals surface area contributed by atoms with Gasteiger partial charge in [-0.1, -0.05) is 6.92 Å². The molecule has 0 spiro atoms. The number of hydrogen-bond donors (Lipinski definition) is 3. The first-order valence-electron chi connectivity index (χ1n) is 10.9. The number of piperidine rings is 1. The highest BCUT2D eigenvalue weighted by atomic mass is 19.1. The Kier molecular flexibility index (Phi) is 4.69. The number of pyridine rings is 1. The number of anilines is 2. The van der Waals surface area contributed by atoms with Crippen LogP contribution in [0.1, 0.15) is 61.8 Å². The van der Waals surface area contributed by atoms with Gasteiger partial charge in [0.25, 0.3) is 0 Å². The number of aromatic carboxylic acids is 1. The highest BCUT2D eigenvalue weighted by Gasteiger charge is 2.45. The maximum Gasteiger partial charge on any atom is 0.343 e. The van der Waals surface area contributed by atoms with E-state index in [-0.39, 0.29) is 34.8 Å². The van der Waals surface area contributed by atoms with Gasteiger partial charge in [-0.2, -0.15) is 0 Å². The monoisotopic (exact) mass is 432 g/mol. The molecule has 2 bridgehead atoms. The molecule has 9 heteroatoms. The molecule has 0 amide bonds. The Hall–Kier alpha value is -2.68. The minimum absolute atomic E-state index is 0.0589. The van der Waals surface area contributed by atoms with E-state index in [9.17, 15) is 19.1 Å². The van der Waals surface area contributed by atoms with Crippen molar-refractivity contribution in [3.8, 4) is 0 Å². The van der Waals surface area contributed by atoms with Crippen LogP contribution in [0, 0.1) is 11.6 Å². The van der Waals surface area contributed by atoms with Crippen molar-refractivity contribution in [1.82, 2.24) is 9.88 Å². The lowest BCUT2D eigenvalue weighted by Crippen LogP contribution is -2.51. The molecule has 0 radical (unpaired) electrons. The molecule has 2 aromatic rings. The Morgan fingerprint density at radius 3 is 2.32 bits per heavy atom. The summed E-state index contributed by atoms with van der Waals surface area (Å²) in [6, 6.07) is 0.996. The van der Waals surface area contributed by atoms with Crippen LogP contribution in [-0.2, 0) is 0 Å². The number of carboxylic acids is 1. The predicted octanol–water partition coefficient (Wildman–Crippen LogP) is 3.00. The first kappa shape index (κ1) is 20.2. The summed E-state index contributed by atoms with van der Waals surface area (Å²) < 4.78 is 30.9. The zero-order valence-electron chi connectivity index (χ0n) is 17.3. The summed E-state index contributed by atoms with van der Waals surface area (Å²) in [7, 11) is 0. The van der Waals surface area contributed by atoms with Crippen molar-refractivity contribution < 1.29 is 18.7 Å². The highest BCUT2D eigenvalue weighted by molar-refractivity contribution is 6.02. The molecule has 3 heterocycles. The molecule has 1 saturated carbocycles. The number of nitrogen functional groups attached to an aromatic ring is 1. The molecule has 2 saturated heterocycles. The molecule has 7 nitrogen and oxygen atoms in total. The van der Waals surface area contributed by atoms with E-state index in [1.165, 1.54) is 0 Å². The van der Waals surface area contributed by atoms with Crippen LogP contribution in [0.2, 0.25) is 0 Å². The number of hydrogen-bond acceptors (Lipinski definition) is 5. The van der Waals surface area contributed by atoms with Crippen molar-refractivity contribution in [2.45, 2.75) is 69.6 Å². The van der Waals surface area contributed by atoms with Gasteiger partial charge in [0.1, 0.15) is 17.2 Å². The number of fused-ring (bicyclic) bond motifs is 3. The molecule has 1 aromatic carbocycles. The number of rotatable bonds is 5. The highest BCUT2D eigenvalue weighted by Crippen LogP contribution is 2.47. The molecule has 1 aliphatic carbocycles. The Balaban J connectivity index is 1.81. The molecular weight excluding hydrogens is 406 g/mol. The fraction of sp³-hybridized carbons (Fsp3) is 0.545. The van der Waals surface area contributed by atoms with E-state index in [0.29, 0.717) is 12.1 Å². The first-order chi connectivity index (χ1) is 14.8. The number of carbonyl (C=O) groups is 1. The number of halogens is 2. The SMILES string of the molecule is CCNC1CC2CCC(C1)N2c1c(C(=O)O)c(=O)c2c(N)c(F)cc(F)c2n1C1CC1. The third kappa shape index (κ3) is 3.01. The summed E-state index contributed by atoms with van der Waals surface area (Å²) in [6.07, 6.45) is 4.91. The molecule has 5 rings (SSSR count). The van der Waals surface area contributed by atoms with E-state index in [0.717, 1.165) is 45.1 Å². The molecule has 2 aliphatic heterocycles. The molecule has 2 unspecified atom stereocenters. The summed E-state index contributed by atoms with van der Waals surface area (Å²) in [5, 5.41) is 13.1. The lowest BCUT2D eigenvalue weighted by Gasteiger charge is -2.42. The summed E-state index contributed by atoms with van der Waals surface area (Å²) in [6.45, 7) is 2.90. The average Bonchev–Trinajstić information content (AvgIpc) is 3.50. The van der Waals surface area contributed by atoms with Crippen molar-refractivity contribution in [1.29, 1.82) is 0 Å². The fourth-order valence-electron chi connectivity index (χ4n) is 5.65. The number of carboxylic acid groups (broad SMARTS) is 1. The molecule has 4 N–H and O–H groups in total. The zero-order chi connectivity index (χ0) is 22.0. The third-order valence-corrected chi connectivity index (χ3v) is 6.99. The van der Waals surface area contributed by atoms with Gasteiger partial charge < -0.3 is 25.6 Å². The molecule has 1 aromatic heterocycles. The molecule has 166 valence electrons. The number of benzene rings is 1. The van der Waals surface area contributed by atoms with Crippen molar-refractivity contribution >= 4 is 28.4 Å². The van der Waals surface area contributed by atoms with Crippen LogP contribution in [0.3, 0.4) is 0 Å². The maximum absolute atomic E-state index is 15.1. The van der Waals surface area contributed by atoms with E-state index in [1.54, 1.807) is 4.57 Å². The van der Waals surface area contributed by atoms with Gasteiger partial charge >= 0.3 is 5.97 Å². The summed E-state index contributed by atoms with van der Waals surface area (Å²) in [5.74, 6) is -3.08. The largest absolute Gasteiger partial charge is 0.477 e. The second-order valence-corrected chi connectivity index (χ2v) is 8.93. The number of nitrogens with zero attached hydrogens (tertiary/aromatic N) is 2. The van der Waals surface area contributed by atoms with Crippen LogP contribution >= 0.6 is 0 Å². The molecule has 31 heavy (non-hydrogen) atoms. The van der Waals surface area contributed by atoms with E-state index < -0.39 is 34.3 Å². The minimum atomic E-state index is -1.39. The van der Waals surface area contributed by atoms with E-state index in [2.05, 4.69) is 12.2 Å². The summed E-state index contributed by atoms with van der Waals surface area (Å²) in [5.41, 5.74) is 3.89. The maximum atomic E-state index is 15.1. The Labute approximate surface area is 177 Å². The third-order valence-electron chi connectivity index (χ3n) is 6.99. The Bertz CT molecular complexity index is 1130. The standard InChI is InChI=1S/C22H26F2N4O3/c1-2-26-10-7-12-5-6-13(8-10)27(12)21-17(22(30)31)20(29)16-18(25)14(23)9-15(24)19(16)28(21)11-3-4-11/h9-13,26H,2-8,25H2,1H3,(H,30,31). The van der Waals surface area contributed by atoms with Gasteiger partial charge in [0.15, 0.2) is 5.82 Å². The smallest absolute Gasteiger partial charge is 0.343 e. The second-order valence-electron chi connectivity index (χ2n) is 8.93. The Morgan fingerprint density at radius 1 is 1.16 bits per heavy atom. The van der Waals surface area contributed by atoms with Crippen LogP contribution in [0.15, 0.2) is 10.9 Å². The summed E-state index contributed by atoms with van der Waals surface area (Å²) >= 11 is 0. The van der Waals surface area contributed by atoms with Crippen LogP contribution in [0.4, 0.5) is 20.3 Å². The van der Waals surface area contributed by atoms with Gasteiger partial charge in [-0.15, -0.1) is 0 Å². The number of nitrogens with two attached hydrogens (primary N) is 1. The first-order valence-corrected chi connectivity index (χ1v) is 10.9. The quantitative estimate of drug-likeness (QED) is 0.628. The van der Waals surface area contributed by atoms with E-state index in [1.807, 2.05) is 4.90 Å². The van der Waals surface area contributed by atoms with Gasteiger partial charge in [-0.3, -0.25) is 4.79 Å². The van der Waals surface area contributed by atoms with Gasteiger partial charge in [0, 0.05) is 30.2 Å². The van der Waals surface area contributed by atoms with Crippen LogP contribution in [-0.4, -0.2) is 40.3 Å². The fourth-order valence-corrected chi connectivity index (χ4v) is 5.65. The second kappa shape index (κ2) is 7.19. The van der Waals surface area contributed by atoms with Gasteiger partial charge in [0.2, 0.25) is 5.43 Å². The molecule has 2 atom stereocenters. The summed E-state index contributed by atoms with van der Waals surface area (Å²) in [4.78, 5) is 27.7. The van der Waals surface area contributed by atoms with E-state index in [4.69, 9.17) is 5.73 Å². The van der Waals surface area contributed by atoms with Gasteiger partial charge in [-0.25, -0.2) is 13.6 Å². The minimum Gasteiger partial charge on any atom is -0.477 e. The van der Waals surface area contributed by atoms with Crippen LogP contribution in [0.5, 0.6) is 0 Å².